The number of alkyl halides is 1. The summed E-state index contributed by atoms with van der Waals surface area (Å²) in [6.07, 6.45) is 2.72. The summed E-state index contributed by atoms with van der Waals surface area (Å²) < 4.78 is 2.30. The molecule has 0 amide bonds. The molecule has 3 nitrogen and oxygen atoms in total. The fraction of sp³-hybridized carbons (Fsp3) is 0.588. The van der Waals surface area contributed by atoms with Crippen molar-refractivity contribution < 1.29 is 0 Å². The lowest BCUT2D eigenvalue weighted by Crippen LogP contribution is -2.29. The van der Waals surface area contributed by atoms with Crippen LogP contribution in [0.4, 0.5) is 0 Å². The number of fused-ring (bicyclic) bond motifs is 1. The molecule has 0 spiro atoms. The SMILES string of the molecule is CCN(CCn1c(C(C)Cl)nc2cc(C)ccc21)C1CC1. The van der Waals surface area contributed by atoms with Crippen molar-refractivity contribution in [2.75, 3.05) is 13.1 Å². The molecule has 1 atom stereocenters. The maximum absolute atomic E-state index is 6.35. The summed E-state index contributed by atoms with van der Waals surface area (Å²) in [5.74, 6) is 0.990. The van der Waals surface area contributed by atoms with Crippen LogP contribution in [0.5, 0.6) is 0 Å². The average molecular weight is 306 g/mol. The monoisotopic (exact) mass is 305 g/mol. The molecule has 2 aromatic rings. The van der Waals surface area contributed by atoms with Gasteiger partial charge in [0.1, 0.15) is 5.82 Å². The van der Waals surface area contributed by atoms with Crippen molar-refractivity contribution in [1.29, 1.82) is 0 Å². The molecule has 1 saturated carbocycles. The number of aryl methyl sites for hydroxylation is 1. The highest BCUT2D eigenvalue weighted by Crippen LogP contribution is 2.28. The van der Waals surface area contributed by atoms with Crippen LogP contribution in [0, 0.1) is 6.92 Å². The number of halogens is 1. The first-order valence-corrected chi connectivity index (χ1v) is 8.38. The Bertz CT molecular complexity index is 628. The van der Waals surface area contributed by atoms with Crippen LogP contribution in [0.2, 0.25) is 0 Å². The van der Waals surface area contributed by atoms with E-state index >= 15 is 0 Å². The third kappa shape index (κ3) is 3.09. The second-order valence-corrected chi connectivity index (χ2v) is 6.74. The zero-order valence-electron chi connectivity index (χ0n) is 13.1. The van der Waals surface area contributed by atoms with Gasteiger partial charge in [0.25, 0.3) is 0 Å². The Morgan fingerprint density at radius 1 is 1.43 bits per heavy atom. The molecule has 4 heteroatoms. The second-order valence-electron chi connectivity index (χ2n) is 6.09. The molecule has 114 valence electrons. The molecule has 3 rings (SSSR count). The first-order chi connectivity index (χ1) is 10.1. The van der Waals surface area contributed by atoms with Crippen molar-refractivity contribution in [3.8, 4) is 0 Å². The quantitative estimate of drug-likeness (QED) is 0.748. The van der Waals surface area contributed by atoms with Gasteiger partial charge in [-0.05, 0) is 50.9 Å². The van der Waals surface area contributed by atoms with E-state index in [1.54, 1.807) is 0 Å². The van der Waals surface area contributed by atoms with Gasteiger partial charge in [0.15, 0.2) is 0 Å². The lowest BCUT2D eigenvalue weighted by molar-refractivity contribution is 0.266. The first-order valence-electron chi connectivity index (χ1n) is 7.95. The normalized spacial score (nSPS) is 16.8. The molecule has 1 aliphatic carbocycles. The summed E-state index contributed by atoms with van der Waals surface area (Å²) in [7, 11) is 0. The van der Waals surface area contributed by atoms with E-state index in [1.165, 1.54) is 23.9 Å². The number of aromatic nitrogens is 2. The number of nitrogens with zero attached hydrogens (tertiary/aromatic N) is 3. The van der Waals surface area contributed by atoms with Crippen molar-refractivity contribution >= 4 is 22.6 Å². The predicted octanol–water partition coefficient (Wildman–Crippen LogP) is 4.13. The lowest BCUT2D eigenvalue weighted by atomic mass is 10.2. The van der Waals surface area contributed by atoms with Gasteiger partial charge in [-0.3, -0.25) is 4.90 Å². The molecule has 0 aliphatic heterocycles. The Balaban J connectivity index is 1.89. The molecule has 1 heterocycles. The molecule has 0 radical (unpaired) electrons. The summed E-state index contributed by atoms with van der Waals surface area (Å²) >= 11 is 6.35. The zero-order valence-corrected chi connectivity index (χ0v) is 13.9. The first kappa shape index (κ1) is 14.9. The van der Waals surface area contributed by atoms with Crippen LogP contribution in [0.1, 0.15) is 43.5 Å². The van der Waals surface area contributed by atoms with E-state index in [-0.39, 0.29) is 5.38 Å². The van der Waals surface area contributed by atoms with E-state index < -0.39 is 0 Å². The van der Waals surface area contributed by atoms with Crippen molar-refractivity contribution in [2.24, 2.45) is 0 Å². The Hall–Kier alpha value is -1.06. The minimum Gasteiger partial charge on any atom is -0.325 e. The van der Waals surface area contributed by atoms with E-state index in [0.717, 1.165) is 37.0 Å². The molecule has 0 N–H and O–H groups in total. The summed E-state index contributed by atoms with van der Waals surface area (Å²) in [4.78, 5) is 7.32. The van der Waals surface area contributed by atoms with Gasteiger partial charge in [0.05, 0.1) is 16.4 Å². The molecule has 1 unspecified atom stereocenters. The van der Waals surface area contributed by atoms with Crippen LogP contribution in [0.15, 0.2) is 18.2 Å². The average Bonchev–Trinajstić information content (AvgIpc) is 3.21. The van der Waals surface area contributed by atoms with E-state index in [9.17, 15) is 0 Å². The van der Waals surface area contributed by atoms with E-state index in [4.69, 9.17) is 16.6 Å². The molecular weight excluding hydrogens is 282 g/mol. The van der Waals surface area contributed by atoms with Crippen LogP contribution in [0.3, 0.4) is 0 Å². The molecule has 1 fully saturated rings. The topological polar surface area (TPSA) is 21.1 Å². The zero-order chi connectivity index (χ0) is 15.0. The van der Waals surface area contributed by atoms with Crippen LogP contribution in [-0.2, 0) is 6.54 Å². The summed E-state index contributed by atoms with van der Waals surface area (Å²) in [6, 6.07) is 7.28. The highest BCUT2D eigenvalue weighted by Gasteiger charge is 2.27. The van der Waals surface area contributed by atoms with Crippen molar-refractivity contribution in [2.45, 2.75) is 51.6 Å². The molecule has 21 heavy (non-hydrogen) atoms. The highest BCUT2D eigenvalue weighted by atomic mass is 35.5. The summed E-state index contributed by atoms with van der Waals surface area (Å²) in [5.41, 5.74) is 3.51. The van der Waals surface area contributed by atoms with E-state index in [1.807, 2.05) is 6.92 Å². The second kappa shape index (κ2) is 5.98. The highest BCUT2D eigenvalue weighted by molar-refractivity contribution is 6.20. The van der Waals surface area contributed by atoms with Gasteiger partial charge < -0.3 is 4.57 Å². The van der Waals surface area contributed by atoms with Gasteiger partial charge in [0.2, 0.25) is 0 Å². The van der Waals surface area contributed by atoms with Gasteiger partial charge in [-0.25, -0.2) is 4.98 Å². The fourth-order valence-corrected chi connectivity index (χ4v) is 3.23. The van der Waals surface area contributed by atoms with Crippen LogP contribution >= 0.6 is 11.6 Å². The van der Waals surface area contributed by atoms with Crippen LogP contribution < -0.4 is 0 Å². The Kier molecular flexibility index (Phi) is 4.23. The Morgan fingerprint density at radius 2 is 2.19 bits per heavy atom. The van der Waals surface area contributed by atoms with Crippen LogP contribution in [0.25, 0.3) is 11.0 Å². The fourth-order valence-electron chi connectivity index (χ4n) is 3.06. The molecule has 0 saturated heterocycles. The minimum absolute atomic E-state index is 0.0614. The third-order valence-electron chi connectivity index (χ3n) is 4.37. The Morgan fingerprint density at radius 3 is 2.81 bits per heavy atom. The standard InChI is InChI=1S/C17H24ClN3/c1-4-20(14-6-7-14)9-10-21-16-8-5-12(2)11-15(16)19-17(21)13(3)18/h5,8,11,13-14H,4,6-7,9-10H2,1-3H3. The number of hydrogen-bond acceptors (Lipinski definition) is 2. The smallest absolute Gasteiger partial charge is 0.127 e. The molecule has 1 aliphatic rings. The molecular formula is C17H24ClN3. The van der Waals surface area contributed by atoms with E-state index in [0.29, 0.717) is 0 Å². The number of imidazole rings is 1. The number of hydrogen-bond donors (Lipinski definition) is 0. The van der Waals surface area contributed by atoms with Crippen molar-refractivity contribution in [3.05, 3.63) is 29.6 Å². The lowest BCUT2D eigenvalue weighted by Gasteiger charge is -2.21. The Labute approximate surface area is 131 Å². The summed E-state index contributed by atoms with van der Waals surface area (Å²) in [6.45, 7) is 9.53. The molecule has 1 aromatic heterocycles. The minimum atomic E-state index is -0.0614. The number of likely N-dealkylation sites (N-methyl/N-ethyl adjacent to an activating group) is 1. The van der Waals surface area contributed by atoms with Crippen LogP contribution in [-0.4, -0.2) is 33.6 Å². The summed E-state index contributed by atoms with van der Waals surface area (Å²) in [5, 5.41) is -0.0614. The van der Waals surface area contributed by atoms with Gasteiger partial charge in [-0.15, -0.1) is 11.6 Å². The number of rotatable bonds is 6. The maximum atomic E-state index is 6.35. The van der Waals surface area contributed by atoms with Crippen molar-refractivity contribution in [3.63, 3.8) is 0 Å². The maximum Gasteiger partial charge on any atom is 0.127 e. The third-order valence-corrected chi connectivity index (χ3v) is 4.56. The van der Waals surface area contributed by atoms with E-state index in [2.05, 4.69) is 41.5 Å². The molecule has 1 aromatic carbocycles. The van der Waals surface area contributed by atoms with Gasteiger partial charge in [0, 0.05) is 19.1 Å². The van der Waals surface area contributed by atoms with Gasteiger partial charge in [-0.2, -0.15) is 0 Å². The molecule has 0 bridgehead atoms. The predicted molar refractivity (Wildman–Crippen MR) is 89.0 cm³/mol. The van der Waals surface area contributed by atoms with Gasteiger partial charge in [-0.1, -0.05) is 13.0 Å². The number of benzene rings is 1. The van der Waals surface area contributed by atoms with Gasteiger partial charge >= 0.3 is 0 Å². The van der Waals surface area contributed by atoms with Crippen molar-refractivity contribution in [1.82, 2.24) is 14.5 Å². The largest absolute Gasteiger partial charge is 0.325 e.